The summed E-state index contributed by atoms with van der Waals surface area (Å²) in [6.45, 7) is 4.42. The van der Waals surface area contributed by atoms with Crippen molar-refractivity contribution >= 4 is 0 Å². The Morgan fingerprint density at radius 1 is 1.27 bits per heavy atom. The van der Waals surface area contributed by atoms with E-state index in [1.165, 1.54) is 11.1 Å². The summed E-state index contributed by atoms with van der Waals surface area (Å²) in [4.78, 5) is 4.17. The molecule has 1 aromatic carbocycles. The summed E-state index contributed by atoms with van der Waals surface area (Å²) in [7, 11) is 0. The minimum atomic E-state index is 0.300. The van der Waals surface area contributed by atoms with E-state index in [1.807, 2.05) is 18.2 Å². The molecule has 0 amide bonds. The SMILES string of the molecule is Cc1ccc(-c2nc(CN)no2)cc1C. The second-order valence-corrected chi connectivity index (χ2v) is 3.52. The van der Waals surface area contributed by atoms with Gasteiger partial charge in [-0.2, -0.15) is 4.98 Å². The van der Waals surface area contributed by atoms with Gasteiger partial charge in [-0.25, -0.2) is 0 Å². The number of aromatic nitrogens is 2. The van der Waals surface area contributed by atoms with Crippen LogP contribution in [0.3, 0.4) is 0 Å². The first-order valence-electron chi connectivity index (χ1n) is 4.81. The molecular formula is C11H13N3O. The van der Waals surface area contributed by atoms with E-state index in [4.69, 9.17) is 10.3 Å². The molecular weight excluding hydrogens is 190 g/mol. The van der Waals surface area contributed by atoms with Crippen LogP contribution in [0.5, 0.6) is 0 Å². The highest BCUT2D eigenvalue weighted by molar-refractivity contribution is 5.55. The Balaban J connectivity index is 2.40. The van der Waals surface area contributed by atoms with Crippen molar-refractivity contribution in [2.45, 2.75) is 20.4 Å². The van der Waals surface area contributed by atoms with Crippen molar-refractivity contribution < 1.29 is 4.52 Å². The average Bonchev–Trinajstić information content (AvgIpc) is 2.70. The first-order chi connectivity index (χ1) is 7.20. The van der Waals surface area contributed by atoms with E-state index in [2.05, 4.69) is 24.0 Å². The van der Waals surface area contributed by atoms with Gasteiger partial charge in [0.25, 0.3) is 5.89 Å². The molecule has 1 heterocycles. The predicted octanol–water partition coefficient (Wildman–Crippen LogP) is 1.81. The van der Waals surface area contributed by atoms with Crippen LogP contribution < -0.4 is 5.73 Å². The lowest BCUT2D eigenvalue weighted by Gasteiger charge is -2.00. The van der Waals surface area contributed by atoms with Crippen LogP contribution >= 0.6 is 0 Å². The molecule has 0 aliphatic carbocycles. The van der Waals surface area contributed by atoms with Crippen LogP contribution in [-0.4, -0.2) is 10.1 Å². The van der Waals surface area contributed by atoms with Gasteiger partial charge in [-0.3, -0.25) is 0 Å². The molecule has 0 saturated heterocycles. The third-order valence-corrected chi connectivity index (χ3v) is 2.40. The number of nitrogens with two attached hydrogens (primary N) is 1. The zero-order valence-corrected chi connectivity index (χ0v) is 8.82. The molecule has 0 radical (unpaired) electrons. The van der Waals surface area contributed by atoms with Gasteiger partial charge in [0.05, 0.1) is 6.54 Å². The van der Waals surface area contributed by atoms with Gasteiger partial charge in [0.2, 0.25) is 0 Å². The van der Waals surface area contributed by atoms with E-state index >= 15 is 0 Å². The van der Waals surface area contributed by atoms with Crippen molar-refractivity contribution in [1.82, 2.24) is 10.1 Å². The van der Waals surface area contributed by atoms with Crippen LogP contribution in [0.15, 0.2) is 22.7 Å². The standard InChI is InChI=1S/C11H13N3O/c1-7-3-4-9(5-8(7)2)11-13-10(6-12)14-15-11/h3-5H,6,12H2,1-2H3. The summed E-state index contributed by atoms with van der Waals surface area (Å²) in [6, 6.07) is 6.04. The Kier molecular flexibility index (Phi) is 2.51. The maximum atomic E-state index is 5.41. The molecule has 2 N–H and O–H groups in total. The highest BCUT2D eigenvalue weighted by Gasteiger charge is 2.07. The smallest absolute Gasteiger partial charge is 0.257 e. The second-order valence-electron chi connectivity index (χ2n) is 3.52. The van der Waals surface area contributed by atoms with Gasteiger partial charge in [-0.05, 0) is 37.1 Å². The Morgan fingerprint density at radius 2 is 2.07 bits per heavy atom. The fourth-order valence-corrected chi connectivity index (χ4v) is 1.33. The van der Waals surface area contributed by atoms with E-state index < -0.39 is 0 Å². The maximum Gasteiger partial charge on any atom is 0.257 e. The van der Waals surface area contributed by atoms with Crippen LogP contribution in [0, 0.1) is 13.8 Å². The molecule has 2 aromatic rings. The monoisotopic (exact) mass is 203 g/mol. The zero-order chi connectivity index (χ0) is 10.8. The van der Waals surface area contributed by atoms with Gasteiger partial charge in [-0.1, -0.05) is 11.2 Å². The van der Waals surface area contributed by atoms with Crippen LogP contribution in [0.1, 0.15) is 17.0 Å². The number of nitrogens with zero attached hydrogens (tertiary/aromatic N) is 2. The van der Waals surface area contributed by atoms with Gasteiger partial charge < -0.3 is 10.3 Å². The maximum absolute atomic E-state index is 5.41. The summed E-state index contributed by atoms with van der Waals surface area (Å²) in [6.07, 6.45) is 0. The molecule has 4 nitrogen and oxygen atoms in total. The molecule has 2 rings (SSSR count). The highest BCUT2D eigenvalue weighted by Crippen LogP contribution is 2.20. The van der Waals surface area contributed by atoms with Crippen molar-refractivity contribution in [2.24, 2.45) is 5.73 Å². The van der Waals surface area contributed by atoms with Crippen molar-refractivity contribution in [1.29, 1.82) is 0 Å². The van der Waals surface area contributed by atoms with Gasteiger partial charge in [0.15, 0.2) is 5.82 Å². The number of hydrogen-bond donors (Lipinski definition) is 1. The number of aryl methyl sites for hydroxylation is 2. The first kappa shape index (κ1) is 9.86. The second kappa shape index (κ2) is 3.82. The van der Waals surface area contributed by atoms with Crippen LogP contribution in [0.2, 0.25) is 0 Å². The molecule has 0 saturated carbocycles. The number of benzene rings is 1. The van der Waals surface area contributed by atoms with Crippen LogP contribution in [0.4, 0.5) is 0 Å². The topological polar surface area (TPSA) is 64.9 Å². The van der Waals surface area contributed by atoms with Crippen LogP contribution in [0.25, 0.3) is 11.5 Å². The first-order valence-corrected chi connectivity index (χ1v) is 4.81. The summed E-state index contributed by atoms with van der Waals surface area (Å²) in [5.41, 5.74) is 8.80. The predicted molar refractivity (Wildman–Crippen MR) is 57.1 cm³/mol. The zero-order valence-electron chi connectivity index (χ0n) is 8.82. The third-order valence-electron chi connectivity index (χ3n) is 2.40. The molecule has 0 aliphatic heterocycles. The lowest BCUT2D eigenvalue weighted by molar-refractivity contribution is 0.423. The summed E-state index contributed by atoms with van der Waals surface area (Å²) < 4.78 is 5.10. The number of hydrogen-bond acceptors (Lipinski definition) is 4. The Labute approximate surface area is 88.1 Å². The van der Waals surface area contributed by atoms with Gasteiger partial charge in [0.1, 0.15) is 0 Å². The van der Waals surface area contributed by atoms with Crippen LogP contribution in [-0.2, 0) is 6.54 Å². The largest absolute Gasteiger partial charge is 0.334 e. The lowest BCUT2D eigenvalue weighted by Crippen LogP contribution is -1.97. The van der Waals surface area contributed by atoms with E-state index in [0.717, 1.165) is 5.56 Å². The lowest BCUT2D eigenvalue weighted by atomic mass is 10.1. The van der Waals surface area contributed by atoms with Gasteiger partial charge in [-0.15, -0.1) is 0 Å². The highest BCUT2D eigenvalue weighted by atomic mass is 16.5. The van der Waals surface area contributed by atoms with E-state index in [9.17, 15) is 0 Å². The fraction of sp³-hybridized carbons (Fsp3) is 0.273. The Morgan fingerprint density at radius 3 is 2.67 bits per heavy atom. The summed E-state index contributed by atoms with van der Waals surface area (Å²) in [5, 5.41) is 3.75. The average molecular weight is 203 g/mol. The van der Waals surface area contributed by atoms with Crippen molar-refractivity contribution in [3.8, 4) is 11.5 Å². The molecule has 0 bridgehead atoms. The normalized spacial score (nSPS) is 10.6. The molecule has 0 atom stereocenters. The Hall–Kier alpha value is -1.68. The molecule has 15 heavy (non-hydrogen) atoms. The van der Waals surface area contributed by atoms with Crippen molar-refractivity contribution in [2.75, 3.05) is 0 Å². The quantitative estimate of drug-likeness (QED) is 0.808. The van der Waals surface area contributed by atoms with E-state index in [1.54, 1.807) is 0 Å². The molecule has 0 spiro atoms. The molecule has 1 aromatic heterocycles. The summed E-state index contributed by atoms with van der Waals surface area (Å²) >= 11 is 0. The molecule has 0 aliphatic rings. The summed E-state index contributed by atoms with van der Waals surface area (Å²) in [5.74, 6) is 1.06. The fourth-order valence-electron chi connectivity index (χ4n) is 1.33. The van der Waals surface area contributed by atoms with Crippen molar-refractivity contribution in [3.05, 3.63) is 35.2 Å². The molecule has 4 heteroatoms. The number of rotatable bonds is 2. The van der Waals surface area contributed by atoms with Gasteiger partial charge >= 0.3 is 0 Å². The molecule has 0 fully saturated rings. The van der Waals surface area contributed by atoms with Crippen molar-refractivity contribution in [3.63, 3.8) is 0 Å². The Bertz CT molecular complexity index is 476. The molecule has 0 unspecified atom stereocenters. The molecule has 78 valence electrons. The minimum absolute atomic E-state index is 0.300. The van der Waals surface area contributed by atoms with E-state index in [0.29, 0.717) is 18.3 Å². The van der Waals surface area contributed by atoms with E-state index in [-0.39, 0.29) is 0 Å². The third kappa shape index (κ3) is 1.89. The minimum Gasteiger partial charge on any atom is -0.334 e. The van der Waals surface area contributed by atoms with Gasteiger partial charge in [0, 0.05) is 5.56 Å².